The van der Waals surface area contributed by atoms with Gasteiger partial charge in [0, 0.05) is 19.8 Å². The second-order valence-corrected chi connectivity index (χ2v) is 6.73. The smallest absolute Gasteiger partial charge is 0.128 e. The number of ether oxygens (including phenoxy) is 1. The van der Waals surface area contributed by atoms with E-state index < -0.39 is 6.10 Å². The van der Waals surface area contributed by atoms with E-state index in [9.17, 15) is 5.11 Å². The van der Waals surface area contributed by atoms with Crippen LogP contribution in [0.15, 0.2) is 22.7 Å². The van der Waals surface area contributed by atoms with Gasteiger partial charge in [0.25, 0.3) is 0 Å². The monoisotopic (exact) mass is 340 g/mol. The van der Waals surface area contributed by atoms with Crippen LogP contribution in [0, 0.1) is 20.8 Å². The summed E-state index contributed by atoms with van der Waals surface area (Å²) in [5.74, 6) is 0.773. The van der Waals surface area contributed by atoms with Crippen LogP contribution in [0.4, 0.5) is 0 Å². The predicted octanol–water partition coefficient (Wildman–Crippen LogP) is 4.53. The van der Waals surface area contributed by atoms with Crippen molar-refractivity contribution in [3.8, 4) is 5.75 Å². The van der Waals surface area contributed by atoms with E-state index in [4.69, 9.17) is 4.74 Å². The van der Waals surface area contributed by atoms with Crippen LogP contribution >= 0.6 is 27.3 Å². The minimum absolute atomic E-state index is 0.649. The van der Waals surface area contributed by atoms with E-state index in [-0.39, 0.29) is 0 Å². The van der Waals surface area contributed by atoms with E-state index in [1.54, 1.807) is 18.4 Å². The third-order valence-corrected chi connectivity index (χ3v) is 5.54. The predicted molar refractivity (Wildman–Crippen MR) is 83.3 cm³/mol. The molecule has 2 nitrogen and oxygen atoms in total. The quantitative estimate of drug-likeness (QED) is 0.889. The van der Waals surface area contributed by atoms with Crippen molar-refractivity contribution < 1.29 is 9.84 Å². The van der Waals surface area contributed by atoms with Crippen molar-refractivity contribution >= 4 is 27.3 Å². The molecule has 0 fully saturated rings. The lowest BCUT2D eigenvalue weighted by molar-refractivity contribution is 0.218. The summed E-state index contributed by atoms with van der Waals surface area (Å²) in [5.41, 5.74) is 3.06. The zero-order valence-corrected chi connectivity index (χ0v) is 13.9. The lowest BCUT2D eigenvalue weighted by atomic mass is 10.00. The highest BCUT2D eigenvalue weighted by Crippen LogP contribution is 2.38. The number of aliphatic hydroxyl groups excluding tert-OH is 1. The standard InChI is InChI=1S/C15H17BrO2S/c1-8-5-6-11(15(18-4)9(8)2)14(17)13-7-12(16)10(3)19-13/h5-7,14,17H,1-4H3. The van der Waals surface area contributed by atoms with Crippen molar-refractivity contribution in [3.63, 3.8) is 0 Å². The summed E-state index contributed by atoms with van der Waals surface area (Å²) in [4.78, 5) is 2.09. The van der Waals surface area contributed by atoms with Gasteiger partial charge >= 0.3 is 0 Å². The van der Waals surface area contributed by atoms with Crippen LogP contribution < -0.4 is 4.74 Å². The van der Waals surface area contributed by atoms with Gasteiger partial charge in [0.1, 0.15) is 11.9 Å². The second-order valence-electron chi connectivity index (χ2n) is 4.59. The molecule has 0 saturated heterocycles. The van der Waals surface area contributed by atoms with Gasteiger partial charge in [0.05, 0.1) is 7.11 Å². The highest BCUT2D eigenvalue weighted by molar-refractivity contribution is 9.10. The Labute approximate surface area is 126 Å². The molecule has 102 valence electrons. The summed E-state index contributed by atoms with van der Waals surface area (Å²) in [6.07, 6.45) is -0.649. The Hall–Kier alpha value is -0.840. The van der Waals surface area contributed by atoms with Gasteiger partial charge in [0.15, 0.2) is 0 Å². The fourth-order valence-corrected chi connectivity index (χ4v) is 3.63. The first-order valence-corrected chi connectivity index (χ1v) is 7.64. The number of hydrogen-bond acceptors (Lipinski definition) is 3. The number of hydrogen-bond donors (Lipinski definition) is 1. The molecule has 2 aromatic rings. The Balaban J connectivity index is 2.49. The molecule has 0 amide bonds. The van der Waals surface area contributed by atoms with Gasteiger partial charge in [-0.25, -0.2) is 0 Å². The number of methoxy groups -OCH3 is 1. The summed E-state index contributed by atoms with van der Waals surface area (Å²) in [6, 6.07) is 5.93. The minimum atomic E-state index is -0.649. The molecule has 1 aromatic heterocycles. The van der Waals surface area contributed by atoms with Crippen molar-refractivity contribution in [2.24, 2.45) is 0 Å². The second kappa shape index (κ2) is 5.65. The maximum absolute atomic E-state index is 10.6. The molecule has 0 bridgehead atoms. The molecular formula is C15H17BrO2S. The Morgan fingerprint density at radius 2 is 1.95 bits per heavy atom. The van der Waals surface area contributed by atoms with E-state index in [0.717, 1.165) is 36.7 Å². The molecule has 0 aliphatic heterocycles. The van der Waals surface area contributed by atoms with Gasteiger partial charge in [-0.15, -0.1) is 11.3 Å². The number of rotatable bonds is 3. The molecule has 1 atom stereocenters. The molecule has 1 unspecified atom stereocenters. The van der Waals surface area contributed by atoms with E-state index in [2.05, 4.69) is 15.9 Å². The van der Waals surface area contributed by atoms with Gasteiger partial charge in [-0.05, 0) is 53.9 Å². The molecule has 0 aliphatic carbocycles. The van der Waals surface area contributed by atoms with Crippen LogP contribution in [-0.2, 0) is 0 Å². The molecule has 4 heteroatoms. The number of thiophene rings is 1. The van der Waals surface area contributed by atoms with Crippen molar-refractivity contribution in [3.05, 3.63) is 49.1 Å². The Morgan fingerprint density at radius 1 is 1.26 bits per heavy atom. The molecule has 0 spiro atoms. The highest BCUT2D eigenvalue weighted by atomic mass is 79.9. The summed E-state index contributed by atoms with van der Waals surface area (Å²) in [6.45, 7) is 6.09. The number of halogens is 1. The van der Waals surface area contributed by atoms with Crippen LogP contribution in [0.3, 0.4) is 0 Å². The number of aryl methyl sites for hydroxylation is 2. The van der Waals surface area contributed by atoms with Crippen LogP contribution in [0.1, 0.15) is 32.5 Å². The van der Waals surface area contributed by atoms with E-state index in [1.165, 1.54) is 0 Å². The van der Waals surface area contributed by atoms with Crippen LogP contribution in [-0.4, -0.2) is 12.2 Å². The molecule has 0 radical (unpaired) electrons. The molecule has 19 heavy (non-hydrogen) atoms. The Bertz CT molecular complexity index is 585. The highest BCUT2D eigenvalue weighted by Gasteiger charge is 2.20. The first-order chi connectivity index (χ1) is 8.95. The molecule has 1 aromatic carbocycles. The van der Waals surface area contributed by atoms with Crippen molar-refractivity contribution in [2.75, 3.05) is 7.11 Å². The average Bonchev–Trinajstić information content (AvgIpc) is 2.72. The zero-order valence-electron chi connectivity index (χ0n) is 11.5. The first-order valence-electron chi connectivity index (χ1n) is 6.03. The number of aliphatic hydroxyl groups is 1. The Morgan fingerprint density at radius 3 is 2.47 bits per heavy atom. The van der Waals surface area contributed by atoms with Gasteiger partial charge < -0.3 is 9.84 Å². The fourth-order valence-electron chi connectivity index (χ4n) is 2.07. The van der Waals surface area contributed by atoms with Crippen LogP contribution in [0.2, 0.25) is 0 Å². The van der Waals surface area contributed by atoms with E-state index in [0.29, 0.717) is 0 Å². The normalized spacial score (nSPS) is 12.5. The lowest BCUT2D eigenvalue weighted by Crippen LogP contribution is -2.03. The van der Waals surface area contributed by atoms with Crippen molar-refractivity contribution in [1.29, 1.82) is 0 Å². The Kier molecular flexibility index (Phi) is 4.33. The van der Waals surface area contributed by atoms with Gasteiger partial charge in [0.2, 0.25) is 0 Å². The van der Waals surface area contributed by atoms with Gasteiger partial charge in [-0.2, -0.15) is 0 Å². The van der Waals surface area contributed by atoms with Crippen LogP contribution in [0.5, 0.6) is 5.75 Å². The molecule has 2 rings (SSSR count). The van der Waals surface area contributed by atoms with Gasteiger partial charge in [-0.3, -0.25) is 0 Å². The summed E-state index contributed by atoms with van der Waals surface area (Å²) >= 11 is 5.08. The van der Waals surface area contributed by atoms with Crippen molar-refractivity contribution in [1.82, 2.24) is 0 Å². The van der Waals surface area contributed by atoms with E-state index in [1.807, 2.05) is 39.0 Å². The van der Waals surface area contributed by atoms with Crippen molar-refractivity contribution in [2.45, 2.75) is 26.9 Å². The molecular weight excluding hydrogens is 324 g/mol. The summed E-state index contributed by atoms with van der Waals surface area (Å²) < 4.78 is 6.51. The third-order valence-electron chi connectivity index (χ3n) is 3.35. The fraction of sp³-hybridized carbons (Fsp3) is 0.333. The largest absolute Gasteiger partial charge is 0.496 e. The molecule has 0 aliphatic rings. The molecule has 0 saturated carbocycles. The lowest BCUT2D eigenvalue weighted by Gasteiger charge is -2.17. The maximum atomic E-state index is 10.6. The van der Waals surface area contributed by atoms with Gasteiger partial charge in [-0.1, -0.05) is 12.1 Å². The van der Waals surface area contributed by atoms with E-state index >= 15 is 0 Å². The third kappa shape index (κ3) is 2.71. The zero-order chi connectivity index (χ0) is 14.2. The first kappa shape index (κ1) is 14.6. The topological polar surface area (TPSA) is 29.5 Å². The summed E-state index contributed by atoms with van der Waals surface area (Å²) in [7, 11) is 1.65. The number of benzene rings is 1. The minimum Gasteiger partial charge on any atom is -0.496 e. The molecule has 1 heterocycles. The maximum Gasteiger partial charge on any atom is 0.128 e. The SMILES string of the molecule is COc1c(C(O)c2cc(Br)c(C)s2)ccc(C)c1C. The molecule has 1 N–H and O–H groups in total. The van der Waals surface area contributed by atoms with Crippen LogP contribution in [0.25, 0.3) is 0 Å². The summed E-state index contributed by atoms with van der Waals surface area (Å²) in [5, 5.41) is 10.6. The average molecular weight is 341 g/mol.